The summed E-state index contributed by atoms with van der Waals surface area (Å²) in [7, 11) is 0. The van der Waals surface area contributed by atoms with Crippen LogP contribution in [0.25, 0.3) is 0 Å². The summed E-state index contributed by atoms with van der Waals surface area (Å²) >= 11 is 0. The van der Waals surface area contributed by atoms with Crippen LogP contribution in [0.3, 0.4) is 0 Å². The van der Waals surface area contributed by atoms with Gasteiger partial charge < -0.3 is 15.8 Å². The van der Waals surface area contributed by atoms with Gasteiger partial charge in [0.25, 0.3) is 0 Å². The zero-order chi connectivity index (χ0) is 12.8. The molecule has 0 fully saturated rings. The van der Waals surface area contributed by atoms with Gasteiger partial charge in [-0.25, -0.2) is 0 Å². The Morgan fingerprint density at radius 2 is 1.71 bits per heavy atom. The second-order valence-corrected chi connectivity index (χ2v) is 4.30. The van der Waals surface area contributed by atoms with E-state index in [-0.39, 0.29) is 5.91 Å². The highest BCUT2D eigenvalue weighted by Gasteiger charge is 1.95. The highest BCUT2D eigenvalue weighted by atomic mass is 16.5. The molecule has 0 saturated heterocycles. The van der Waals surface area contributed by atoms with Gasteiger partial charge in [-0.05, 0) is 32.4 Å². The molecule has 0 aromatic carbocycles. The molecule has 0 aliphatic rings. The van der Waals surface area contributed by atoms with Gasteiger partial charge >= 0.3 is 0 Å². The van der Waals surface area contributed by atoms with Crippen molar-refractivity contribution in [2.45, 2.75) is 51.9 Å². The standard InChI is InChI=1S/C13H28N2O2/c1-2-15-10-8-12-17-11-7-5-3-4-6-9-13(14)16/h15H,2-12H2,1H3,(H2,14,16). The van der Waals surface area contributed by atoms with Crippen molar-refractivity contribution in [3.63, 3.8) is 0 Å². The maximum atomic E-state index is 10.5. The third-order valence-electron chi connectivity index (χ3n) is 2.60. The molecule has 17 heavy (non-hydrogen) atoms. The normalized spacial score (nSPS) is 10.6. The minimum absolute atomic E-state index is 0.186. The highest BCUT2D eigenvalue weighted by molar-refractivity contribution is 5.73. The first-order valence-corrected chi connectivity index (χ1v) is 6.84. The topological polar surface area (TPSA) is 64.3 Å². The molecular formula is C13H28N2O2. The van der Waals surface area contributed by atoms with Gasteiger partial charge in [-0.1, -0.05) is 26.2 Å². The van der Waals surface area contributed by atoms with Gasteiger partial charge in [0.2, 0.25) is 5.91 Å². The Balaban J connectivity index is 2.91. The lowest BCUT2D eigenvalue weighted by Crippen LogP contribution is -2.15. The van der Waals surface area contributed by atoms with E-state index in [1.807, 2.05) is 0 Å². The first-order valence-electron chi connectivity index (χ1n) is 6.84. The number of carbonyl (C=O) groups excluding carboxylic acids is 1. The number of hydrogen-bond donors (Lipinski definition) is 2. The van der Waals surface area contributed by atoms with Crippen LogP contribution >= 0.6 is 0 Å². The average molecular weight is 244 g/mol. The molecule has 0 rings (SSSR count). The minimum Gasteiger partial charge on any atom is -0.381 e. The van der Waals surface area contributed by atoms with Crippen LogP contribution in [0.4, 0.5) is 0 Å². The van der Waals surface area contributed by atoms with Crippen LogP contribution in [-0.4, -0.2) is 32.2 Å². The molecule has 0 unspecified atom stereocenters. The molecule has 0 heterocycles. The summed E-state index contributed by atoms with van der Waals surface area (Å²) in [5, 5.41) is 3.26. The van der Waals surface area contributed by atoms with E-state index in [1.165, 1.54) is 12.8 Å². The third kappa shape index (κ3) is 15.4. The molecule has 0 atom stereocenters. The maximum Gasteiger partial charge on any atom is 0.217 e. The molecule has 0 aliphatic heterocycles. The first-order chi connectivity index (χ1) is 8.27. The van der Waals surface area contributed by atoms with Crippen molar-refractivity contribution in [1.29, 1.82) is 0 Å². The Morgan fingerprint density at radius 3 is 2.41 bits per heavy atom. The SMILES string of the molecule is CCNCCCOCCCCCCCC(N)=O. The molecule has 0 radical (unpaired) electrons. The summed E-state index contributed by atoms with van der Waals surface area (Å²) in [6.07, 6.45) is 7.13. The highest BCUT2D eigenvalue weighted by Crippen LogP contribution is 2.05. The molecule has 0 aromatic heterocycles. The van der Waals surface area contributed by atoms with Crippen LogP contribution in [0, 0.1) is 0 Å². The van der Waals surface area contributed by atoms with Gasteiger partial charge in [-0.3, -0.25) is 4.79 Å². The molecule has 4 nitrogen and oxygen atoms in total. The fourth-order valence-electron chi connectivity index (χ4n) is 1.61. The van der Waals surface area contributed by atoms with Crippen molar-refractivity contribution in [3.8, 4) is 0 Å². The van der Waals surface area contributed by atoms with Gasteiger partial charge in [-0.2, -0.15) is 0 Å². The van der Waals surface area contributed by atoms with E-state index in [4.69, 9.17) is 10.5 Å². The molecule has 4 heteroatoms. The molecule has 1 amide bonds. The Kier molecular flexibility index (Phi) is 13.0. The Morgan fingerprint density at radius 1 is 1.06 bits per heavy atom. The average Bonchev–Trinajstić information content (AvgIpc) is 2.30. The Hall–Kier alpha value is -0.610. The number of hydrogen-bond acceptors (Lipinski definition) is 3. The number of unbranched alkanes of at least 4 members (excludes halogenated alkanes) is 4. The summed E-state index contributed by atoms with van der Waals surface area (Å²) in [5.74, 6) is -0.186. The lowest BCUT2D eigenvalue weighted by Gasteiger charge is -2.04. The molecular weight excluding hydrogens is 216 g/mol. The molecule has 102 valence electrons. The molecule has 0 saturated carbocycles. The lowest BCUT2D eigenvalue weighted by atomic mass is 10.1. The molecule has 3 N–H and O–H groups in total. The van der Waals surface area contributed by atoms with Crippen LogP contribution in [0.15, 0.2) is 0 Å². The largest absolute Gasteiger partial charge is 0.381 e. The third-order valence-corrected chi connectivity index (χ3v) is 2.60. The molecule has 0 spiro atoms. The van der Waals surface area contributed by atoms with Gasteiger partial charge in [0.05, 0.1) is 0 Å². The summed E-state index contributed by atoms with van der Waals surface area (Å²) in [5.41, 5.74) is 5.06. The molecule has 0 bridgehead atoms. The van der Waals surface area contributed by atoms with Crippen molar-refractivity contribution in [2.24, 2.45) is 5.73 Å². The first kappa shape index (κ1) is 16.4. The van der Waals surface area contributed by atoms with Crippen LogP contribution < -0.4 is 11.1 Å². The van der Waals surface area contributed by atoms with Crippen molar-refractivity contribution in [3.05, 3.63) is 0 Å². The summed E-state index contributed by atoms with van der Waals surface area (Å²) < 4.78 is 5.51. The van der Waals surface area contributed by atoms with E-state index in [2.05, 4.69) is 12.2 Å². The number of ether oxygens (including phenoxy) is 1. The number of carbonyl (C=O) groups is 1. The Bertz CT molecular complexity index is 175. The van der Waals surface area contributed by atoms with E-state index >= 15 is 0 Å². The zero-order valence-electron chi connectivity index (χ0n) is 11.2. The molecule has 0 aromatic rings. The number of primary amides is 1. The van der Waals surface area contributed by atoms with Crippen molar-refractivity contribution in [1.82, 2.24) is 5.32 Å². The predicted octanol–water partition coefficient (Wildman–Crippen LogP) is 1.83. The second kappa shape index (κ2) is 13.5. The summed E-state index contributed by atoms with van der Waals surface area (Å²) in [6.45, 7) is 5.91. The smallest absolute Gasteiger partial charge is 0.217 e. The van der Waals surface area contributed by atoms with E-state index < -0.39 is 0 Å². The van der Waals surface area contributed by atoms with Crippen LogP contribution in [0.5, 0.6) is 0 Å². The quantitative estimate of drug-likeness (QED) is 0.486. The van der Waals surface area contributed by atoms with Gasteiger partial charge in [0, 0.05) is 19.6 Å². The summed E-state index contributed by atoms with van der Waals surface area (Å²) in [4.78, 5) is 10.5. The second-order valence-electron chi connectivity index (χ2n) is 4.30. The van der Waals surface area contributed by atoms with E-state index in [9.17, 15) is 4.79 Å². The lowest BCUT2D eigenvalue weighted by molar-refractivity contribution is -0.118. The number of amides is 1. The molecule has 0 aliphatic carbocycles. The van der Waals surface area contributed by atoms with E-state index in [0.717, 1.165) is 52.0 Å². The van der Waals surface area contributed by atoms with Gasteiger partial charge in [0.15, 0.2) is 0 Å². The van der Waals surface area contributed by atoms with E-state index in [0.29, 0.717) is 6.42 Å². The zero-order valence-corrected chi connectivity index (χ0v) is 11.2. The van der Waals surface area contributed by atoms with Crippen molar-refractivity contribution < 1.29 is 9.53 Å². The number of rotatable bonds is 13. The van der Waals surface area contributed by atoms with E-state index in [1.54, 1.807) is 0 Å². The van der Waals surface area contributed by atoms with Crippen LogP contribution in [-0.2, 0) is 9.53 Å². The fourth-order valence-corrected chi connectivity index (χ4v) is 1.61. The van der Waals surface area contributed by atoms with Gasteiger partial charge in [0.1, 0.15) is 0 Å². The van der Waals surface area contributed by atoms with Crippen LogP contribution in [0.2, 0.25) is 0 Å². The Labute approximate surface area is 105 Å². The van der Waals surface area contributed by atoms with Crippen molar-refractivity contribution in [2.75, 3.05) is 26.3 Å². The maximum absolute atomic E-state index is 10.5. The fraction of sp³-hybridized carbons (Fsp3) is 0.923. The number of nitrogens with two attached hydrogens (primary N) is 1. The van der Waals surface area contributed by atoms with Crippen LogP contribution in [0.1, 0.15) is 51.9 Å². The number of nitrogens with one attached hydrogen (secondary N) is 1. The van der Waals surface area contributed by atoms with Crippen molar-refractivity contribution >= 4 is 5.91 Å². The monoisotopic (exact) mass is 244 g/mol. The predicted molar refractivity (Wildman–Crippen MR) is 70.9 cm³/mol. The summed E-state index contributed by atoms with van der Waals surface area (Å²) in [6, 6.07) is 0. The minimum atomic E-state index is -0.186. The van der Waals surface area contributed by atoms with Gasteiger partial charge in [-0.15, -0.1) is 0 Å².